The predicted octanol–water partition coefficient (Wildman–Crippen LogP) is 3.69. The summed E-state index contributed by atoms with van der Waals surface area (Å²) in [6.07, 6.45) is 2.68. The first-order chi connectivity index (χ1) is 12.9. The molecule has 138 valence electrons. The third-order valence-electron chi connectivity index (χ3n) is 4.75. The monoisotopic (exact) mass is 381 g/mol. The molecule has 4 aromatic rings. The third-order valence-corrected chi connectivity index (χ3v) is 4.99. The lowest BCUT2D eigenvalue weighted by atomic mass is 10.1. The van der Waals surface area contributed by atoms with Gasteiger partial charge in [0.2, 0.25) is 0 Å². The number of H-pyrrole nitrogens is 1. The van der Waals surface area contributed by atoms with Crippen molar-refractivity contribution in [1.82, 2.24) is 25.1 Å². The molecule has 0 fully saturated rings. The number of rotatable bonds is 4. The minimum atomic E-state index is -0.112. The zero-order valence-corrected chi connectivity index (χ0v) is 16.2. The number of carbonyl (C=O) groups is 1. The second kappa shape index (κ2) is 6.70. The molecule has 0 aliphatic carbocycles. The number of pyridine rings is 1. The molecule has 0 unspecified atom stereocenters. The molecule has 0 atom stereocenters. The molecule has 0 spiro atoms. The molecule has 27 heavy (non-hydrogen) atoms. The first-order valence-corrected chi connectivity index (χ1v) is 9.16. The summed E-state index contributed by atoms with van der Waals surface area (Å²) >= 11 is 6.10. The van der Waals surface area contributed by atoms with Crippen LogP contribution in [0.1, 0.15) is 27.3 Å². The lowest BCUT2D eigenvalue weighted by Crippen LogP contribution is -2.26. The Labute approximate surface area is 161 Å². The molecule has 3 heterocycles. The molecule has 4 rings (SSSR count). The molecule has 1 aromatic carbocycles. The smallest absolute Gasteiger partial charge is 0.252 e. The van der Waals surface area contributed by atoms with Gasteiger partial charge in [-0.1, -0.05) is 11.6 Å². The Kier molecular flexibility index (Phi) is 4.36. The number of carbonyl (C=O) groups excluding carboxylic acids is 1. The number of aryl methyl sites for hydroxylation is 3. The van der Waals surface area contributed by atoms with E-state index in [1.54, 1.807) is 4.68 Å². The Hall–Kier alpha value is -2.86. The fourth-order valence-electron chi connectivity index (χ4n) is 3.51. The van der Waals surface area contributed by atoms with Crippen LogP contribution in [-0.2, 0) is 13.5 Å². The Balaban J connectivity index is 1.55. The molecule has 0 aliphatic rings. The van der Waals surface area contributed by atoms with Crippen LogP contribution in [0.15, 0.2) is 30.5 Å². The van der Waals surface area contributed by atoms with Gasteiger partial charge in [-0.05, 0) is 50.1 Å². The summed E-state index contributed by atoms with van der Waals surface area (Å²) in [5.41, 5.74) is 5.10. The van der Waals surface area contributed by atoms with E-state index in [1.807, 2.05) is 51.4 Å². The molecule has 0 aliphatic heterocycles. The van der Waals surface area contributed by atoms with Gasteiger partial charge in [0.15, 0.2) is 5.65 Å². The largest absolute Gasteiger partial charge is 0.361 e. The van der Waals surface area contributed by atoms with Crippen LogP contribution >= 0.6 is 11.6 Å². The molecule has 0 bridgehead atoms. The lowest BCUT2D eigenvalue weighted by Gasteiger charge is -2.08. The minimum Gasteiger partial charge on any atom is -0.361 e. The minimum absolute atomic E-state index is 0.112. The molecular formula is C20H20ClN5O. The standard InChI is InChI=1S/C20H20ClN5O/c1-11-8-16(18-12(2)25-26(3)19(18)24-11)20(27)22-7-6-13-10-23-17-5-4-14(21)9-15(13)17/h4-5,8-10,23H,6-7H2,1-3H3,(H,22,27). The number of amides is 1. The maximum atomic E-state index is 12.8. The molecule has 7 heteroatoms. The van der Waals surface area contributed by atoms with E-state index in [1.165, 1.54) is 0 Å². The van der Waals surface area contributed by atoms with Crippen molar-refractivity contribution in [2.24, 2.45) is 7.05 Å². The van der Waals surface area contributed by atoms with E-state index < -0.39 is 0 Å². The lowest BCUT2D eigenvalue weighted by molar-refractivity contribution is 0.0955. The SMILES string of the molecule is Cc1cc(C(=O)NCCc2c[nH]c3ccc(Cl)cc23)c2c(C)nn(C)c2n1. The molecule has 1 amide bonds. The third kappa shape index (κ3) is 3.17. The first kappa shape index (κ1) is 17.5. The van der Waals surface area contributed by atoms with Gasteiger partial charge in [-0.15, -0.1) is 0 Å². The maximum absolute atomic E-state index is 12.8. The summed E-state index contributed by atoms with van der Waals surface area (Å²) in [6, 6.07) is 7.58. The number of aromatic amines is 1. The van der Waals surface area contributed by atoms with Gasteiger partial charge in [-0.2, -0.15) is 5.10 Å². The van der Waals surface area contributed by atoms with Crippen molar-refractivity contribution in [3.63, 3.8) is 0 Å². The summed E-state index contributed by atoms with van der Waals surface area (Å²) in [6.45, 7) is 4.31. The molecule has 3 aromatic heterocycles. The quantitative estimate of drug-likeness (QED) is 0.566. The summed E-state index contributed by atoms with van der Waals surface area (Å²) in [7, 11) is 1.84. The van der Waals surface area contributed by atoms with Crippen LogP contribution in [0.4, 0.5) is 0 Å². The number of aromatic nitrogens is 4. The van der Waals surface area contributed by atoms with E-state index in [0.717, 1.165) is 38.9 Å². The van der Waals surface area contributed by atoms with E-state index in [4.69, 9.17) is 11.6 Å². The highest BCUT2D eigenvalue weighted by molar-refractivity contribution is 6.31. The summed E-state index contributed by atoms with van der Waals surface area (Å²) in [4.78, 5) is 20.6. The molecular weight excluding hydrogens is 362 g/mol. The van der Waals surface area contributed by atoms with Gasteiger partial charge in [0, 0.05) is 41.4 Å². The highest BCUT2D eigenvalue weighted by Gasteiger charge is 2.17. The molecule has 6 nitrogen and oxygen atoms in total. The Bertz CT molecular complexity index is 1170. The van der Waals surface area contributed by atoms with E-state index in [-0.39, 0.29) is 5.91 Å². The van der Waals surface area contributed by atoms with Crippen LogP contribution in [0.5, 0.6) is 0 Å². The van der Waals surface area contributed by atoms with E-state index in [2.05, 4.69) is 20.4 Å². The number of halogens is 1. The van der Waals surface area contributed by atoms with Crippen molar-refractivity contribution in [2.75, 3.05) is 6.54 Å². The number of fused-ring (bicyclic) bond motifs is 2. The van der Waals surface area contributed by atoms with E-state index in [0.29, 0.717) is 23.6 Å². The van der Waals surface area contributed by atoms with Crippen molar-refractivity contribution in [3.8, 4) is 0 Å². The maximum Gasteiger partial charge on any atom is 0.252 e. The Morgan fingerprint density at radius 1 is 1.30 bits per heavy atom. The van der Waals surface area contributed by atoms with Gasteiger partial charge in [0.25, 0.3) is 5.91 Å². The van der Waals surface area contributed by atoms with Crippen LogP contribution in [0.25, 0.3) is 21.9 Å². The van der Waals surface area contributed by atoms with Crippen LogP contribution in [-0.4, -0.2) is 32.2 Å². The van der Waals surface area contributed by atoms with Crippen molar-refractivity contribution in [1.29, 1.82) is 0 Å². The Morgan fingerprint density at radius 2 is 2.11 bits per heavy atom. The second-order valence-corrected chi connectivity index (χ2v) is 7.16. The summed E-state index contributed by atoms with van der Waals surface area (Å²) in [5.74, 6) is -0.112. The fourth-order valence-corrected chi connectivity index (χ4v) is 3.68. The average Bonchev–Trinajstić information content (AvgIpc) is 3.15. The zero-order valence-electron chi connectivity index (χ0n) is 15.4. The fraction of sp³-hybridized carbons (Fsp3) is 0.250. The van der Waals surface area contributed by atoms with Gasteiger partial charge >= 0.3 is 0 Å². The zero-order chi connectivity index (χ0) is 19.1. The Morgan fingerprint density at radius 3 is 2.93 bits per heavy atom. The van der Waals surface area contributed by atoms with Crippen LogP contribution in [0.3, 0.4) is 0 Å². The summed E-state index contributed by atoms with van der Waals surface area (Å²) in [5, 5.41) is 10.0. The average molecular weight is 382 g/mol. The van der Waals surface area contributed by atoms with Crippen LogP contribution in [0.2, 0.25) is 5.02 Å². The molecule has 0 saturated heterocycles. The molecule has 2 N–H and O–H groups in total. The number of nitrogens with one attached hydrogen (secondary N) is 2. The predicted molar refractivity (Wildman–Crippen MR) is 107 cm³/mol. The van der Waals surface area contributed by atoms with Crippen molar-refractivity contribution < 1.29 is 4.79 Å². The van der Waals surface area contributed by atoms with Gasteiger partial charge < -0.3 is 10.3 Å². The highest BCUT2D eigenvalue weighted by Crippen LogP contribution is 2.23. The summed E-state index contributed by atoms with van der Waals surface area (Å²) < 4.78 is 1.71. The number of hydrogen-bond donors (Lipinski definition) is 2. The number of hydrogen-bond acceptors (Lipinski definition) is 3. The highest BCUT2D eigenvalue weighted by atomic mass is 35.5. The van der Waals surface area contributed by atoms with Gasteiger partial charge in [0.1, 0.15) is 0 Å². The van der Waals surface area contributed by atoms with Crippen LogP contribution < -0.4 is 5.32 Å². The number of nitrogens with zero attached hydrogens (tertiary/aromatic N) is 3. The van der Waals surface area contributed by atoms with Gasteiger partial charge in [-0.25, -0.2) is 4.98 Å². The van der Waals surface area contributed by atoms with Crippen molar-refractivity contribution in [3.05, 3.63) is 58.0 Å². The second-order valence-electron chi connectivity index (χ2n) is 6.73. The topological polar surface area (TPSA) is 75.6 Å². The number of benzene rings is 1. The molecule has 0 radical (unpaired) electrons. The van der Waals surface area contributed by atoms with E-state index >= 15 is 0 Å². The van der Waals surface area contributed by atoms with Crippen molar-refractivity contribution >= 4 is 39.4 Å². The van der Waals surface area contributed by atoms with Crippen molar-refractivity contribution in [2.45, 2.75) is 20.3 Å². The first-order valence-electron chi connectivity index (χ1n) is 8.78. The van der Waals surface area contributed by atoms with Gasteiger partial charge in [-0.3, -0.25) is 9.48 Å². The van der Waals surface area contributed by atoms with Gasteiger partial charge in [0.05, 0.1) is 16.6 Å². The van der Waals surface area contributed by atoms with Crippen LogP contribution in [0, 0.1) is 13.8 Å². The normalized spacial score (nSPS) is 11.4. The molecule has 0 saturated carbocycles. The van der Waals surface area contributed by atoms with E-state index in [9.17, 15) is 4.79 Å².